The molecule has 0 radical (unpaired) electrons. The summed E-state index contributed by atoms with van der Waals surface area (Å²) in [6.07, 6.45) is 2.85. The van der Waals surface area contributed by atoms with Crippen LogP contribution in [0.3, 0.4) is 0 Å². The molecule has 160 valence electrons. The molecular weight excluding hydrogens is 433 g/mol. The van der Waals surface area contributed by atoms with Gasteiger partial charge in [-0.2, -0.15) is 9.40 Å². The number of nitrogens with zero attached hydrogens (tertiary/aromatic N) is 5. The smallest absolute Gasteiger partial charge is 0.228 e. The summed E-state index contributed by atoms with van der Waals surface area (Å²) < 4.78 is 48.0. The Hall–Kier alpha value is -2.43. The van der Waals surface area contributed by atoms with E-state index in [1.165, 1.54) is 16.4 Å². The maximum Gasteiger partial charge on any atom is 0.228 e. The summed E-state index contributed by atoms with van der Waals surface area (Å²) in [5.74, 6) is 0.747. The van der Waals surface area contributed by atoms with Gasteiger partial charge in [0, 0.05) is 37.5 Å². The summed E-state index contributed by atoms with van der Waals surface area (Å²) in [5.41, 5.74) is 1.82. The van der Waals surface area contributed by atoms with Gasteiger partial charge in [0.15, 0.2) is 5.65 Å². The number of fused-ring (bicyclic) bond motifs is 2. The second kappa shape index (κ2) is 8.01. The highest BCUT2D eigenvalue weighted by Gasteiger charge is 2.27. The van der Waals surface area contributed by atoms with Crippen LogP contribution in [0.25, 0.3) is 5.65 Å². The molecule has 30 heavy (non-hydrogen) atoms. The molecule has 2 aromatic heterocycles. The monoisotopic (exact) mass is 453 g/mol. The summed E-state index contributed by atoms with van der Waals surface area (Å²) in [5, 5.41) is 3.71. The van der Waals surface area contributed by atoms with Crippen molar-refractivity contribution < 1.29 is 17.5 Å². The number of rotatable bonds is 2. The minimum atomic E-state index is -3.73. The van der Waals surface area contributed by atoms with Crippen molar-refractivity contribution in [3.05, 3.63) is 53.6 Å². The van der Waals surface area contributed by atoms with E-state index in [0.29, 0.717) is 34.9 Å². The molecule has 0 saturated heterocycles. The standard InChI is InChI=1S/C19H21ClFN5O3S/c1-13-9-25(30(27,28)12-20)11-15-8-22-26-6-5-18(23-19(15)26)24(2)10-14-7-16(21)3-4-17(14)29-13/h3-8,13H,9-12H2,1-2H3/t13-/m0/s1. The Labute approximate surface area is 178 Å². The van der Waals surface area contributed by atoms with Gasteiger partial charge in [-0.25, -0.2) is 22.3 Å². The largest absolute Gasteiger partial charge is 0.489 e. The number of halogens is 2. The van der Waals surface area contributed by atoms with E-state index in [1.807, 2.05) is 11.9 Å². The van der Waals surface area contributed by atoms with Gasteiger partial charge in [-0.15, -0.1) is 11.6 Å². The average molecular weight is 454 g/mol. The number of hydrogen-bond donors (Lipinski definition) is 0. The molecule has 3 heterocycles. The fraction of sp³-hybridized carbons (Fsp3) is 0.368. The molecule has 4 rings (SSSR count). The lowest BCUT2D eigenvalue weighted by Gasteiger charge is -2.25. The van der Waals surface area contributed by atoms with E-state index in [9.17, 15) is 12.8 Å². The second-order valence-corrected chi connectivity index (χ2v) is 9.83. The van der Waals surface area contributed by atoms with Crippen molar-refractivity contribution in [2.45, 2.75) is 26.1 Å². The van der Waals surface area contributed by atoms with E-state index in [2.05, 4.69) is 10.1 Å². The molecule has 11 heteroatoms. The number of benzene rings is 1. The molecule has 1 aliphatic rings. The molecule has 1 aliphatic heterocycles. The first-order valence-corrected chi connectivity index (χ1v) is 11.4. The third kappa shape index (κ3) is 4.07. The van der Waals surface area contributed by atoms with Crippen molar-refractivity contribution in [3.8, 4) is 5.75 Å². The van der Waals surface area contributed by atoms with Gasteiger partial charge in [0.1, 0.15) is 28.7 Å². The molecule has 1 atom stereocenters. The molecule has 0 amide bonds. The number of alkyl halides is 1. The zero-order valence-electron chi connectivity index (χ0n) is 16.5. The van der Waals surface area contributed by atoms with E-state index in [1.54, 1.807) is 36.0 Å². The number of aromatic nitrogens is 3. The Morgan fingerprint density at radius 2 is 2.07 bits per heavy atom. The first-order valence-electron chi connectivity index (χ1n) is 9.30. The van der Waals surface area contributed by atoms with Crippen molar-refractivity contribution in [1.29, 1.82) is 0 Å². The predicted octanol–water partition coefficient (Wildman–Crippen LogP) is 2.61. The van der Waals surface area contributed by atoms with Crippen LogP contribution in [-0.4, -0.2) is 52.2 Å². The highest BCUT2D eigenvalue weighted by molar-refractivity contribution is 7.90. The molecular formula is C19H21ClFN5O3S. The molecule has 0 spiro atoms. The Kier molecular flexibility index (Phi) is 5.56. The van der Waals surface area contributed by atoms with Crippen LogP contribution in [0.5, 0.6) is 5.75 Å². The normalized spacial score (nSPS) is 18.4. The van der Waals surface area contributed by atoms with Crippen molar-refractivity contribution in [1.82, 2.24) is 18.9 Å². The van der Waals surface area contributed by atoms with Gasteiger partial charge in [-0.05, 0) is 31.2 Å². The molecule has 0 fully saturated rings. The third-order valence-electron chi connectivity index (χ3n) is 4.92. The number of sulfonamides is 1. The van der Waals surface area contributed by atoms with E-state index in [-0.39, 0.29) is 18.9 Å². The minimum Gasteiger partial charge on any atom is -0.489 e. The van der Waals surface area contributed by atoms with Gasteiger partial charge in [-0.3, -0.25) is 0 Å². The van der Waals surface area contributed by atoms with E-state index < -0.39 is 21.3 Å². The van der Waals surface area contributed by atoms with Crippen LogP contribution >= 0.6 is 11.6 Å². The Bertz CT molecular complexity index is 1190. The topological polar surface area (TPSA) is 80.0 Å². The van der Waals surface area contributed by atoms with E-state index in [4.69, 9.17) is 16.3 Å². The van der Waals surface area contributed by atoms with Gasteiger partial charge in [0.25, 0.3) is 0 Å². The summed E-state index contributed by atoms with van der Waals surface area (Å²) in [7, 11) is -1.89. The van der Waals surface area contributed by atoms with Crippen molar-refractivity contribution in [2.75, 3.05) is 23.7 Å². The SMILES string of the molecule is C[C@H]1CN(S(=O)(=O)CCl)Cc2cnn3ccc(nc23)N(C)Cc2cc(F)ccc2O1. The first kappa shape index (κ1) is 20.8. The fourth-order valence-corrected chi connectivity index (χ4v) is 4.75. The molecule has 0 saturated carbocycles. The molecule has 2 bridgehead atoms. The molecule has 0 unspecified atom stereocenters. The highest BCUT2D eigenvalue weighted by Crippen LogP contribution is 2.26. The lowest BCUT2D eigenvalue weighted by Crippen LogP contribution is -2.38. The van der Waals surface area contributed by atoms with Crippen LogP contribution in [0, 0.1) is 5.82 Å². The molecule has 3 aromatic rings. The lowest BCUT2D eigenvalue weighted by molar-refractivity contribution is 0.183. The number of ether oxygens (including phenoxy) is 1. The summed E-state index contributed by atoms with van der Waals surface area (Å²) in [6, 6.07) is 6.08. The van der Waals surface area contributed by atoms with Crippen LogP contribution in [0.2, 0.25) is 0 Å². The Morgan fingerprint density at radius 3 is 2.83 bits per heavy atom. The molecule has 0 aliphatic carbocycles. The van der Waals surface area contributed by atoms with Crippen LogP contribution in [0.15, 0.2) is 36.7 Å². The van der Waals surface area contributed by atoms with Gasteiger partial charge in [0.05, 0.1) is 12.7 Å². The lowest BCUT2D eigenvalue weighted by atomic mass is 10.1. The Balaban J connectivity index is 1.85. The van der Waals surface area contributed by atoms with Gasteiger partial charge >= 0.3 is 0 Å². The van der Waals surface area contributed by atoms with Crippen molar-refractivity contribution in [3.63, 3.8) is 0 Å². The van der Waals surface area contributed by atoms with Crippen LogP contribution in [0.4, 0.5) is 10.2 Å². The molecule has 1 aromatic carbocycles. The van der Waals surface area contributed by atoms with Gasteiger partial charge < -0.3 is 9.64 Å². The minimum absolute atomic E-state index is 0.0582. The summed E-state index contributed by atoms with van der Waals surface area (Å²) >= 11 is 5.73. The number of anilines is 1. The van der Waals surface area contributed by atoms with Crippen LogP contribution in [0.1, 0.15) is 18.1 Å². The Morgan fingerprint density at radius 1 is 1.27 bits per heavy atom. The van der Waals surface area contributed by atoms with Crippen molar-refractivity contribution >= 4 is 33.1 Å². The zero-order chi connectivity index (χ0) is 21.5. The highest BCUT2D eigenvalue weighted by atomic mass is 35.5. The van der Waals surface area contributed by atoms with Crippen molar-refractivity contribution in [2.24, 2.45) is 0 Å². The summed E-state index contributed by atoms with van der Waals surface area (Å²) in [6.45, 7) is 2.25. The fourth-order valence-electron chi connectivity index (χ4n) is 3.43. The maximum absolute atomic E-state index is 13.9. The summed E-state index contributed by atoms with van der Waals surface area (Å²) in [4.78, 5) is 6.52. The van der Waals surface area contributed by atoms with Crippen LogP contribution in [-0.2, 0) is 23.1 Å². The first-order chi connectivity index (χ1) is 14.3. The number of hydrogen-bond acceptors (Lipinski definition) is 6. The predicted molar refractivity (Wildman–Crippen MR) is 112 cm³/mol. The maximum atomic E-state index is 13.9. The zero-order valence-corrected chi connectivity index (χ0v) is 18.1. The van der Waals surface area contributed by atoms with E-state index >= 15 is 0 Å². The van der Waals surface area contributed by atoms with Gasteiger partial charge in [-0.1, -0.05) is 0 Å². The molecule has 8 nitrogen and oxygen atoms in total. The van der Waals surface area contributed by atoms with Crippen LogP contribution < -0.4 is 9.64 Å². The third-order valence-corrected chi connectivity index (χ3v) is 7.08. The quantitative estimate of drug-likeness (QED) is 0.555. The van der Waals surface area contributed by atoms with Gasteiger partial charge in [0.2, 0.25) is 10.0 Å². The average Bonchev–Trinajstić information content (AvgIpc) is 3.11. The second-order valence-electron chi connectivity index (χ2n) is 7.27. The van der Waals surface area contributed by atoms with E-state index in [0.717, 1.165) is 0 Å². The molecule has 0 N–H and O–H groups in total.